The number of non-ortho nitro benzene ring substituents is 1. The SMILES string of the molecule is COCCCN1C2=C(C(=O)CC(C)(C)C2)C(c2cc(I)c(OCc3cccc([N+](=O)[O-])c3)c(OC)c2)C2=C1CC(C)(C)CC2=O. The number of ketones is 2. The van der Waals surface area contributed by atoms with Crippen molar-refractivity contribution in [1.82, 2.24) is 4.90 Å². The number of allylic oxidation sites excluding steroid dienone is 4. The van der Waals surface area contributed by atoms with Gasteiger partial charge < -0.3 is 19.1 Å². The second-order valence-electron chi connectivity index (χ2n) is 13.8. The Labute approximate surface area is 278 Å². The number of Topliss-reactive ketones (excluding diaryl/α,β-unsaturated/α-hetero) is 2. The first-order valence-corrected chi connectivity index (χ1v) is 16.4. The molecule has 1 heterocycles. The zero-order valence-electron chi connectivity index (χ0n) is 26.8. The average molecular weight is 729 g/mol. The first-order valence-electron chi connectivity index (χ1n) is 15.3. The van der Waals surface area contributed by atoms with Gasteiger partial charge in [0.2, 0.25) is 0 Å². The molecule has 0 fully saturated rings. The lowest BCUT2D eigenvalue weighted by Crippen LogP contribution is -2.44. The monoisotopic (exact) mass is 728 g/mol. The topological polar surface area (TPSA) is 108 Å². The van der Waals surface area contributed by atoms with Gasteiger partial charge in [0.1, 0.15) is 6.61 Å². The summed E-state index contributed by atoms with van der Waals surface area (Å²) in [6.45, 7) is 9.92. The van der Waals surface area contributed by atoms with Crippen LogP contribution in [0.15, 0.2) is 58.9 Å². The lowest BCUT2D eigenvalue weighted by atomic mass is 9.63. The van der Waals surface area contributed by atoms with E-state index in [-0.39, 0.29) is 34.7 Å². The summed E-state index contributed by atoms with van der Waals surface area (Å²) in [5.41, 5.74) is 4.51. The number of hydrogen-bond acceptors (Lipinski definition) is 8. The minimum atomic E-state index is -0.505. The third kappa shape index (κ3) is 6.82. The molecule has 5 rings (SSSR count). The summed E-state index contributed by atoms with van der Waals surface area (Å²) in [5.74, 6) is 0.621. The van der Waals surface area contributed by atoms with Gasteiger partial charge in [-0.25, -0.2) is 0 Å². The minimum Gasteiger partial charge on any atom is -0.493 e. The fourth-order valence-corrected chi connectivity index (χ4v) is 7.76. The van der Waals surface area contributed by atoms with Crippen LogP contribution in [0.4, 0.5) is 5.69 Å². The Kier molecular flexibility index (Phi) is 9.47. The van der Waals surface area contributed by atoms with Crippen LogP contribution < -0.4 is 9.47 Å². The van der Waals surface area contributed by atoms with E-state index in [0.29, 0.717) is 54.2 Å². The van der Waals surface area contributed by atoms with Crippen molar-refractivity contribution in [3.05, 3.63) is 83.7 Å². The van der Waals surface area contributed by atoms with Gasteiger partial charge in [-0.05, 0) is 75.9 Å². The van der Waals surface area contributed by atoms with Crippen molar-refractivity contribution in [2.45, 2.75) is 72.3 Å². The summed E-state index contributed by atoms with van der Waals surface area (Å²) >= 11 is 2.20. The summed E-state index contributed by atoms with van der Waals surface area (Å²) in [6, 6.07) is 10.2. The third-order valence-corrected chi connectivity index (χ3v) is 9.64. The number of ether oxygens (including phenoxy) is 3. The first kappa shape index (κ1) is 33.1. The van der Waals surface area contributed by atoms with Gasteiger partial charge in [0.25, 0.3) is 5.69 Å². The quantitative estimate of drug-likeness (QED) is 0.107. The lowest BCUT2D eigenvalue weighted by molar-refractivity contribution is -0.384. The normalized spacial score (nSPS) is 19.4. The maximum atomic E-state index is 14.1. The van der Waals surface area contributed by atoms with Crippen molar-refractivity contribution in [2.75, 3.05) is 27.4 Å². The molecule has 2 aromatic rings. The van der Waals surface area contributed by atoms with E-state index < -0.39 is 10.8 Å². The number of rotatable bonds is 10. The first-order chi connectivity index (χ1) is 21.2. The predicted molar refractivity (Wildman–Crippen MR) is 179 cm³/mol. The van der Waals surface area contributed by atoms with Crippen LogP contribution in [0.25, 0.3) is 0 Å². The van der Waals surface area contributed by atoms with E-state index >= 15 is 0 Å². The zero-order valence-corrected chi connectivity index (χ0v) is 29.0. The van der Waals surface area contributed by atoms with Crippen LogP contribution in [0.3, 0.4) is 0 Å². The molecular weight excluding hydrogens is 687 g/mol. The molecule has 0 radical (unpaired) electrons. The van der Waals surface area contributed by atoms with Crippen LogP contribution in [0.1, 0.15) is 76.8 Å². The molecular formula is C35H41IN2O7. The molecule has 0 bridgehead atoms. The minimum absolute atomic E-state index is 0.00418. The highest BCUT2D eigenvalue weighted by Crippen LogP contribution is 2.55. The van der Waals surface area contributed by atoms with Gasteiger partial charge in [-0.3, -0.25) is 19.7 Å². The fourth-order valence-electron chi connectivity index (χ4n) is 6.98. The molecule has 9 nitrogen and oxygen atoms in total. The predicted octanol–water partition coefficient (Wildman–Crippen LogP) is 7.51. The number of methoxy groups -OCH3 is 2. The van der Waals surface area contributed by atoms with E-state index in [0.717, 1.165) is 39.8 Å². The standard InChI is InChI=1S/C35H41IN2O7/c1-34(2)16-25-31(27(39)18-34)30(32-26(37(25)11-8-12-43-5)17-35(3,4)19-28(32)40)22-14-24(36)33(29(15-22)44-6)45-20-21-9-7-10-23(13-21)38(41)42/h7,9-10,13-15,30H,8,11-12,16-20H2,1-6H3. The maximum absolute atomic E-state index is 14.1. The Balaban J connectivity index is 1.62. The molecule has 3 aliphatic rings. The zero-order chi connectivity index (χ0) is 32.7. The number of nitrogens with zero attached hydrogens (tertiary/aromatic N) is 2. The molecule has 2 aliphatic carbocycles. The van der Waals surface area contributed by atoms with Crippen LogP contribution in [0, 0.1) is 24.5 Å². The highest BCUT2D eigenvalue weighted by atomic mass is 127. The summed E-state index contributed by atoms with van der Waals surface area (Å²) in [7, 11) is 3.25. The summed E-state index contributed by atoms with van der Waals surface area (Å²) in [4.78, 5) is 41.3. The van der Waals surface area contributed by atoms with Crippen LogP contribution in [-0.4, -0.2) is 48.8 Å². The second-order valence-corrected chi connectivity index (χ2v) is 14.9. The lowest BCUT2D eigenvalue weighted by Gasteiger charge is -2.49. The number of carbonyl (C=O) groups excluding carboxylic acids is 2. The highest BCUT2D eigenvalue weighted by molar-refractivity contribution is 14.1. The molecule has 0 N–H and O–H groups in total. The van der Waals surface area contributed by atoms with Gasteiger partial charge in [0.05, 0.1) is 15.6 Å². The van der Waals surface area contributed by atoms with Crippen molar-refractivity contribution in [2.24, 2.45) is 10.8 Å². The summed E-state index contributed by atoms with van der Waals surface area (Å²) < 4.78 is 18.1. The Morgan fingerprint density at radius 2 is 1.58 bits per heavy atom. The molecule has 240 valence electrons. The molecule has 2 aromatic carbocycles. The van der Waals surface area contributed by atoms with Crippen LogP contribution in [0.5, 0.6) is 11.5 Å². The van der Waals surface area contributed by atoms with E-state index in [1.165, 1.54) is 12.1 Å². The van der Waals surface area contributed by atoms with Gasteiger partial charge in [0, 0.05) is 73.7 Å². The largest absolute Gasteiger partial charge is 0.493 e. The molecule has 0 saturated carbocycles. The molecule has 0 aromatic heterocycles. The maximum Gasteiger partial charge on any atom is 0.269 e. The molecule has 0 spiro atoms. The number of halogens is 1. The summed E-state index contributed by atoms with van der Waals surface area (Å²) in [6.07, 6.45) is 3.08. The Morgan fingerprint density at radius 1 is 0.956 bits per heavy atom. The van der Waals surface area contributed by atoms with Gasteiger partial charge >= 0.3 is 0 Å². The van der Waals surface area contributed by atoms with Crippen molar-refractivity contribution < 1.29 is 28.7 Å². The van der Waals surface area contributed by atoms with Gasteiger partial charge in [0.15, 0.2) is 23.1 Å². The molecule has 1 aliphatic heterocycles. The smallest absolute Gasteiger partial charge is 0.269 e. The molecule has 0 unspecified atom stereocenters. The Morgan fingerprint density at radius 3 is 2.13 bits per heavy atom. The van der Waals surface area contributed by atoms with Crippen molar-refractivity contribution in [1.29, 1.82) is 0 Å². The van der Waals surface area contributed by atoms with Gasteiger partial charge in [-0.1, -0.05) is 39.8 Å². The van der Waals surface area contributed by atoms with E-state index in [1.807, 2.05) is 12.1 Å². The van der Waals surface area contributed by atoms with Crippen molar-refractivity contribution in [3.8, 4) is 11.5 Å². The number of nitro groups is 1. The van der Waals surface area contributed by atoms with Crippen molar-refractivity contribution in [3.63, 3.8) is 0 Å². The fraction of sp³-hybridized carbons (Fsp3) is 0.486. The molecule has 0 amide bonds. The molecule has 10 heteroatoms. The summed E-state index contributed by atoms with van der Waals surface area (Å²) in [5, 5.41) is 11.3. The number of benzene rings is 2. The van der Waals surface area contributed by atoms with Crippen molar-refractivity contribution >= 4 is 39.8 Å². The van der Waals surface area contributed by atoms with Crippen LogP contribution >= 0.6 is 22.6 Å². The number of nitro benzene ring substituents is 1. The van der Waals surface area contributed by atoms with Gasteiger partial charge in [-0.2, -0.15) is 0 Å². The van der Waals surface area contributed by atoms with E-state index in [4.69, 9.17) is 14.2 Å². The number of carbonyl (C=O) groups is 2. The highest BCUT2D eigenvalue weighted by Gasteiger charge is 2.49. The van der Waals surface area contributed by atoms with E-state index in [9.17, 15) is 19.7 Å². The molecule has 0 atom stereocenters. The van der Waals surface area contributed by atoms with E-state index in [1.54, 1.807) is 26.4 Å². The Bertz CT molecular complexity index is 1550. The molecule has 45 heavy (non-hydrogen) atoms. The van der Waals surface area contributed by atoms with Crippen LogP contribution in [-0.2, 0) is 20.9 Å². The van der Waals surface area contributed by atoms with E-state index in [2.05, 4.69) is 55.2 Å². The molecule has 0 saturated heterocycles. The third-order valence-electron chi connectivity index (χ3n) is 8.84. The van der Waals surface area contributed by atoms with Crippen LogP contribution in [0.2, 0.25) is 0 Å². The Hall–Kier alpha value is -3.25. The average Bonchev–Trinajstić information content (AvgIpc) is 2.95. The second kappa shape index (κ2) is 12.9. The number of hydrogen-bond donors (Lipinski definition) is 0. The van der Waals surface area contributed by atoms with Gasteiger partial charge in [-0.15, -0.1) is 0 Å².